The molecule has 0 fully saturated rings. The van der Waals surface area contributed by atoms with Crippen molar-refractivity contribution in [1.29, 1.82) is 0 Å². The number of amides is 1. The zero-order valence-corrected chi connectivity index (χ0v) is 11.9. The standard InChI is InChI=1S/C16H15N3O3/c1-3-8-13-14(15(20)19(17-13)11-4-2)18-22-16(21)12-9-6-5-7-10-12/h3-7,9-10H,1-2,8,11H2/b18-14+. The largest absolute Gasteiger partial charge is 0.365 e. The second kappa shape index (κ2) is 7.12. The summed E-state index contributed by atoms with van der Waals surface area (Å²) in [6, 6.07) is 8.40. The Bertz CT molecular complexity index is 662. The van der Waals surface area contributed by atoms with E-state index in [1.165, 1.54) is 5.01 Å². The minimum atomic E-state index is -0.638. The van der Waals surface area contributed by atoms with Crippen molar-refractivity contribution in [3.05, 3.63) is 61.2 Å². The molecule has 0 atom stereocenters. The van der Waals surface area contributed by atoms with Gasteiger partial charge in [0.25, 0.3) is 5.91 Å². The summed E-state index contributed by atoms with van der Waals surface area (Å²) in [6.07, 6.45) is 3.49. The first-order chi connectivity index (χ1) is 10.7. The maximum absolute atomic E-state index is 12.1. The summed E-state index contributed by atoms with van der Waals surface area (Å²) in [7, 11) is 0. The van der Waals surface area contributed by atoms with Gasteiger partial charge in [-0.15, -0.1) is 13.2 Å². The van der Waals surface area contributed by atoms with Crippen LogP contribution in [0.15, 0.2) is 65.9 Å². The Morgan fingerprint density at radius 2 is 2.00 bits per heavy atom. The van der Waals surface area contributed by atoms with Gasteiger partial charge in [0.05, 0.1) is 17.8 Å². The minimum Gasteiger partial charge on any atom is -0.312 e. The van der Waals surface area contributed by atoms with Crippen molar-refractivity contribution < 1.29 is 14.4 Å². The molecule has 0 saturated carbocycles. The summed E-state index contributed by atoms with van der Waals surface area (Å²) < 4.78 is 0. The number of rotatable bonds is 6. The number of benzene rings is 1. The Labute approximate surface area is 128 Å². The molecule has 1 aliphatic heterocycles. The van der Waals surface area contributed by atoms with Gasteiger partial charge in [-0.1, -0.05) is 35.5 Å². The molecule has 1 amide bonds. The highest BCUT2D eigenvalue weighted by molar-refractivity contribution is 6.68. The molecule has 1 heterocycles. The Balaban J connectivity index is 2.16. The van der Waals surface area contributed by atoms with Crippen LogP contribution in [0.5, 0.6) is 0 Å². The first-order valence-corrected chi connectivity index (χ1v) is 6.63. The molecule has 0 unspecified atom stereocenters. The third-order valence-electron chi connectivity index (χ3n) is 2.82. The van der Waals surface area contributed by atoms with Crippen LogP contribution < -0.4 is 0 Å². The Morgan fingerprint density at radius 1 is 1.27 bits per heavy atom. The summed E-state index contributed by atoms with van der Waals surface area (Å²) in [5.74, 6) is -1.07. The van der Waals surface area contributed by atoms with Crippen molar-refractivity contribution in [2.24, 2.45) is 10.3 Å². The maximum atomic E-state index is 12.1. The first-order valence-electron chi connectivity index (χ1n) is 6.63. The van der Waals surface area contributed by atoms with E-state index in [9.17, 15) is 9.59 Å². The van der Waals surface area contributed by atoms with Crippen LogP contribution in [-0.4, -0.2) is 34.9 Å². The average Bonchev–Trinajstić information content (AvgIpc) is 2.82. The van der Waals surface area contributed by atoms with Crippen molar-refractivity contribution >= 4 is 23.3 Å². The summed E-state index contributed by atoms with van der Waals surface area (Å²) in [5.41, 5.74) is 0.760. The minimum absolute atomic E-state index is 0.00558. The first kappa shape index (κ1) is 15.4. The number of hydrazone groups is 1. The number of hydrogen-bond donors (Lipinski definition) is 0. The summed E-state index contributed by atoms with van der Waals surface area (Å²) in [5, 5.41) is 9.00. The van der Waals surface area contributed by atoms with Gasteiger partial charge >= 0.3 is 5.97 Å². The molecule has 1 aromatic carbocycles. The van der Waals surface area contributed by atoms with Gasteiger partial charge in [-0.25, -0.2) is 9.80 Å². The van der Waals surface area contributed by atoms with Crippen molar-refractivity contribution in [3.8, 4) is 0 Å². The number of allylic oxidation sites excluding steroid dienone is 1. The van der Waals surface area contributed by atoms with Crippen LogP contribution in [-0.2, 0) is 9.63 Å². The second-order valence-electron chi connectivity index (χ2n) is 4.40. The molecule has 0 aliphatic carbocycles. The zero-order valence-electron chi connectivity index (χ0n) is 11.9. The fraction of sp³-hybridized carbons (Fsp3) is 0.125. The number of nitrogens with zero attached hydrogens (tertiary/aromatic N) is 3. The Morgan fingerprint density at radius 3 is 2.64 bits per heavy atom. The molecule has 0 aromatic heterocycles. The molecule has 0 bridgehead atoms. The smallest absolute Gasteiger partial charge is 0.312 e. The lowest BCUT2D eigenvalue weighted by Gasteiger charge is -2.06. The maximum Gasteiger partial charge on any atom is 0.365 e. The highest BCUT2D eigenvalue weighted by Crippen LogP contribution is 2.11. The summed E-state index contributed by atoms with van der Waals surface area (Å²) in [4.78, 5) is 28.8. The van der Waals surface area contributed by atoms with Gasteiger partial charge in [-0.2, -0.15) is 5.10 Å². The topological polar surface area (TPSA) is 71.3 Å². The van der Waals surface area contributed by atoms with Gasteiger partial charge in [0.2, 0.25) is 0 Å². The number of hydrogen-bond acceptors (Lipinski definition) is 5. The van der Waals surface area contributed by atoms with E-state index in [0.29, 0.717) is 17.7 Å². The van der Waals surface area contributed by atoms with E-state index in [1.807, 2.05) is 0 Å². The highest BCUT2D eigenvalue weighted by Gasteiger charge is 2.31. The number of oxime groups is 1. The normalized spacial score (nSPS) is 15.6. The summed E-state index contributed by atoms with van der Waals surface area (Å²) >= 11 is 0. The van der Waals surface area contributed by atoms with Gasteiger partial charge in [0.15, 0.2) is 5.71 Å². The third kappa shape index (κ3) is 3.35. The van der Waals surface area contributed by atoms with E-state index in [2.05, 4.69) is 23.4 Å². The van der Waals surface area contributed by atoms with Crippen LogP contribution in [0.2, 0.25) is 0 Å². The molecule has 1 aromatic rings. The SMILES string of the molecule is C=CCC1=NN(CC=C)C(=O)/C1=N/OC(=O)c1ccccc1. The number of carbonyl (C=O) groups is 2. The van der Waals surface area contributed by atoms with E-state index in [4.69, 9.17) is 4.84 Å². The molecule has 2 rings (SSSR count). The molecule has 22 heavy (non-hydrogen) atoms. The van der Waals surface area contributed by atoms with E-state index in [-0.39, 0.29) is 12.3 Å². The van der Waals surface area contributed by atoms with Crippen LogP contribution in [0.1, 0.15) is 16.8 Å². The molecule has 6 nitrogen and oxygen atoms in total. The van der Waals surface area contributed by atoms with Gasteiger partial charge in [0, 0.05) is 6.42 Å². The Hall–Kier alpha value is -3.02. The van der Waals surface area contributed by atoms with E-state index in [0.717, 1.165) is 0 Å². The van der Waals surface area contributed by atoms with Crippen LogP contribution >= 0.6 is 0 Å². The average molecular weight is 297 g/mol. The fourth-order valence-electron chi connectivity index (χ4n) is 1.81. The van der Waals surface area contributed by atoms with Crippen LogP contribution in [0.25, 0.3) is 0 Å². The van der Waals surface area contributed by atoms with Gasteiger partial charge in [-0.05, 0) is 12.1 Å². The molecular weight excluding hydrogens is 282 g/mol. The van der Waals surface area contributed by atoms with Crippen molar-refractivity contribution in [3.63, 3.8) is 0 Å². The van der Waals surface area contributed by atoms with Crippen molar-refractivity contribution in [2.45, 2.75) is 6.42 Å². The van der Waals surface area contributed by atoms with E-state index in [1.54, 1.807) is 42.5 Å². The molecule has 1 aliphatic rings. The molecule has 112 valence electrons. The molecule has 0 saturated heterocycles. The van der Waals surface area contributed by atoms with Gasteiger partial charge in [0.1, 0.15) is 0 Å². The van der Waals surface area contributed by atoms with Crippen molar-refractivity contribution in [1.82, 2.24) is 5.01 Å². The van der Waals surface area contributed by atoms with Gasteiger partial charge < -0.3 is 4.84 Å². The molecular formula is C16H15N3O3. The monoisotopic (exact) mass is 297 g/mol. The second-order valence-corrected chi connectivity index (χ2v) is 4.40. The van der Waals surface area contributed by atoms with Gasteiger partial charge in [-0.3, -0.25) is 4.79 Å². The predicted octanol–water partition coefficient (Wildman–Crippen LogP) is 2.16. The Kier molecular flexibility index (Phi) is 4.98. The molecule has 0 spiro atoms. The lowest BCUT2D eigenvalue weighted by atomic mass is 10.2. The third-order valence-corrected chi connectivity index (χ3v) is 2.82. The lowest BCUT2D eigenvalue weighted by molar-refractivity contribution is -0.122. The number of carbonyl (C=O) groups excluding carboxylic acids is 2. The molecule has 0 N–H and O–H groups in total. The molecule has 6 heteroatoms. The predicted molar refractivity (Wildman–Crippen MR) is 83.5 cm³/mol. The van der Waals surface area contributed by atoms with Crippen LogP contribution in [0.3, 0.4) is 0 Å². The highest BCUT2D eigenvalue weighted by atomic mass is 16.7. The fourth-order valence-corrected chi connectivity index (χ4v) is 1.81. The molecule has 0 radical (unpaired) electrons. The van der Waals surface area contributed by atoms with Crippen LogP contribution in [0, 0.1) is 0 Å². The van der Waals surface area contributed by atoms with E-state index < -0.39 is 11.9 Å². The quantitative estimate of drug-likeness (QED) is 0.459. The lowest BCUT2D eigenvalue weighted by Crippen LogP contribution is -2.28. The zero-order chi connectivity index (χ0) is 15.9. The van der Waals surface area contributed by atoms with E-state index >= 15 is 0 Å². The van der Waals surface area contributed by atoms with Crippen LogP contribution in [0.4, 0.5) is 0 Å². The summed E-state index contributed by atoms with van der Waals surface area (Å²) in [6.45, 7) is 7.42. The van der Waals surface area contributed by atoms with Crippen molar-refractivity contribution in [2.75, 3.05) is 6.54 Å².